The molecule has 0 aromatic carbocycles. The van der Waals surface area contributed by atoms with Crippen LogP contribution in [-0.4, -0.2) is 37.3 Å². The first-order valence-electron chi connectivity index (χ1n) is 6.13. The number of hydrogen-bond acceptors (Lipinski definition) is 4. The third kappa shape index (κ3) is 3.52. The molecule has 1 heterocycles. The Morgan fingerprint density at radius 2 is 1.94 bits per heavy atom. The van der Waals surface area contributed by atoms with Crippen LogP contribution in [0.25, 0.3) is 0 Å². The largest absolute Gasteiger partial charge is 0.314 e. The second-order valence-corrected chi connectivity index (χ2v) is 8.65. The molecule has 100 valence electrons. The molecular formula is C12H23NO3S. The highest BCUT2D eigenvalue weighted by molar-refractivity contribution is 7.92. The number of Topliss-reactive ketones (excluding diaryl/α,β-unsaturated/α-hetero) is 1. The number of sulfone groups is 1. The van der Waals surface area contributed by atoms with Crippen molar-refractivity contribution in [3.05, 3.63) is 0 Å². The Morgan fingerprint density at radius 1 is 1.35 bits per heavy atom. The molecule has 1 N–H and O–H groups in total. The minimum absolute atomic E-state index is 0.00910. The van der Waals surface area contributed by atoms with Crippen molar-refractivity contribution in [2.45, 2.75) is 51.3 Å². The first-order valence-corrected chi connectivity index (χ1v) is 7.79. The summed E-state index contributed by atoms with van der Waals surface area (Å²) in [7, 11) is -3.18. The van der Waals surface area contributed by atoms with E-state index in [0.717, 1.165) is 13.0 Å². The van der Waals surface area contributed by atoms with Crippen LogP contribution in [0.15, 0.2) is 0 Å². The Kier molecular flexibility index (Phi) is 4.36. The van der Waals surface area contributed by atoms with Crippen molar-refractivity contribution in [2.75, 3.05) is 12.3 Å². The van der Waals surface area contributed by atoms with E-state index in [2.05, 4.69) is 5.32 Å². The lowest BCUT2D eigenvalue weighted by Crippen LogP contribution is -2.33. The Hall–Kier alpha value is -0.420. The maximum Gasteiger partial charge on any atom is 0.155 e. The topological polar surface area (TPSA) is 63.2 Å². The standard InChI is InChI=1S/C12H23NO3S/c1-9-10(5-7-13-9)11(14)6-8-17(15,16)12(2,3)4/h9-10,13H,5-8H2,1-4H3. The van der Waals surface area contributed by atoms with Gasteiger partial charge in [-0.2, -0.15) is 0 Å². The summed E-state index contributed by atoms with van der Waals surface area (Å²) in [4.78, 5) is 11.9. The van der Waals surface area contributed by atoms with E-state index in [9.17, 15) is 13.2 Å². The molecule has 0 aliphatic carbocycles. The number of carbonyl (C=O) groups is 1. The number of rotatable bonds is 4. The second-order valence-electron chi connectivity index (χ2n) is 5.79. The first-order chi connectivity index (χ1) is 7.65. The fourth-order valence-electron chi connectivity index (χ4n) is 2.03. The molecule has 1 saturated heterocycles. The van der Waals surface area contributed by atoms with E-state index in [4.69, 9.17) is 0 Å². The second kappa shape index (κ2) is 5.06. The van der Waals surface area contributed by atoms with Gasteiger partial charge < -0.3 is 5.32 Å². The molecule has 0 radical (unpaired) electrons. The third-order valence-electron chi connectivity index (χ3n) is 3.49. The van der Waals surface area contributed by atoms with Gasteiger partial charge >= 0.3 is 0 Å². The minimum Gasteiger partial charge on any atom is -0.314 e. The number of nitrogens with one attached hydrogen (secondary N) is 1. The van der Waals surface area contributed by atoms with Crippen LogP contribution in [0.2, 0.25) is 0 Å². The van der Waals surface area contributed by atoms with Crippen molar-refractivity contribution >= 4 is 15.6 Å². The predicted molar refractivity (Wildman–Crippen MR) is 68.7 cm³/mol. The first kappa shape index (κ1) is 14.6. The van der Waals surface area contributed by atoms with Crippen LogP contribution in [0.1, 0.15) is 40.5 Å². The molecule has 4 nitrogen and oxygen atoms in total. The van der Waals surface area contributed by atoms with Crippen molar-refractivity contribution in [1.82, 2.24) is 5.32 Å². The van der Waals surface area contributed by atoms with Crippen LogP contribution in [0, 0.1) is 5.92 Å². The zero-order chi connectivity index (χ0) is 13.3. The van der Waals surface area contributed by atoms with Gasteiger partial charge in [-0.05, 0) is 40.7 Å². The summed E-state index contributed by atoms with van der Waals surface area (Å²) in [5.41, 5.74) is 0. The van der Waals surface area contributed by atoms with Gasteiger partial charge in [0, 0.05) is 18.4 Å². The average molecular weight is 261 g/mol. The summed E-state index contributed by atoms with van der Waals surface area (Å²) in [5, 5.41) is 3.21. The Balaban J connectivity index is 2.55. The maximum absolute atomic E-state index is 11.9. The molecule has 0 aromatic heterocycles. The van der Waals surface area contributed by atoms with Crippen molar-refractivity contribution in [3.63, 3.8) is 0 Å². The summed E-state index contributed by atoms with van der Waals surface area (Å²) in [6, 6.07) is 0.180. The Morgan fingerprint density at radius 3 is 2.35 bits per heavy atom. The highest BCUT2D eigenvalue weighted by atomic mass is 32.2. The van der Waals surface area contributed by atoms with Gasteiger partial charge in [-0.15, -0.1) is 0 Å². The molecule has 0 saturated carbocycles. The number of carbonyl (C=O) groups excluding carboxylic acids is 1. The fraction of sp³-hybridized carbons (Fsp3) is 0.917. The lowest BCUT2D eigenvalue weighted by Gasteiger charge is -2.20. The van der Waals surface area contributed by atoms with E-state index in [1.165, 1.54) is 0 Å². The normalized spacial score (nSPS) is 26.1. The van der Waals surface area contributed by atoms with Crippen LogP contribution in [0.3, 0.4) is 0 Å². The molecule has 0 bridgehead atoms. The molecule has 1 aliphatic rings. The zero-order valence-corrected chi connectivity index (χ0v) is 11.9. The van der Waals surface area contributed by atoms with Crippen molar-refractivity contribution in [1.29, 1.82) is 0 Å². The van der Waals surface area contributed by atoms with Crippen LogP contribution >= 0.6 is 0 Å². The molecule has 1 fully saturated rings. The molecule has 5 heteroatoms. The van der Waals surface area contributed by atoms with E-state index < -0.39 is 14.6 Å². The van der Waals surface area contributed by atoms with Crippen LogP contribution < -0.4 is 5.32 Å². The summed E-state index contributed by atoms with van der Waals surface area (Å²) in [6.07, 6.45) is 0.978. The van der Waals surface area contributed by atoms with Gasteiger partial charge in [-0.3, -0.25) is 4.79 Å². The van der Waals surface area contributed by atoms with Gasteiger partial charge in [0.05, 0.1) is 10.5 Å². The summed E-state index contributed by atoms with van der Waals surface area (Å²) < 4.78 is 23.0. The van der Waals surface area contributed by atoms with Crippen molar-refractivity contribution in [2.24, 2.45) is 5.92 Å². The molecular weight excluding hydrogens is 238 g/mol. The van der Waals surface area contributed by atoms with Gasteiger partial charge in [0.1, 0.15) is 5.78 Å². The van der Waals surface area contributed by atoms with Crippen molar-refractivity contribution in [3.8, 4) is 0 Å². The fourth-order valence-corrected chi connectivity index (χ4v) is 3.11. The monoisotopic (exact) mass is 261 g/mol. The van der Waals surface area contributed by atoms with Gasteiger partial charge in [-0.1, -0.05) is 0 Å². The lowest BCUT2D eigenvalue weighted by molar-refractivity contribution is -0.122. The van der Waals surface area contributed by atoms with E-state index in [0.29, 0.717) is 0 Å². The summed E-state index contributed by atoms with van der Waals surface area (Å²) in [5.74, 6) is 0.0407. The van der Waals surface area contributed by atoms with E-state index in [-0.39, 0.29) is 29.9 Å². The number of ketones is 1. The lowest BCUT2D eigenvalue weighted by atomic mass is 9.95. The number of hydrogen-bond donors (Lipinski definition) is 1. The minimum atomic E-state index is -3.18. The van der Waals surface area contributed by atoms with Gasteiger partial charge in [0.15, 0.2) is 9.84 Å². The Bertz CT molecular complexity index is 381. The van der Waals surface area contributed by atoms with E-state index in [1.807, 2.05) is 6.92 Å². The van der Waals surface area contributed by atoms with Gasteiger partial charge in [-0.25, -0.2) is 8.42 Å². The summed E-state index contributed by atoms with van der Waals surface area (Å²) >= 11 is 0. The van der Waals surface area contributed by atoms with Crippen molar-refractivity contribution < 1.29 is 13.2 Å². The molecule has 0 aromatic rings. The van der Waals surface area contributed by atoms with Crippen LogP contribution in [0.4, 0.5) is 0 Å². The molecule has 0 amide bonds. The molecule has 2 unspecified atom stereocenters. The average Bonchev–Trinajstić information content (AvgIpc) is 2.59. The SMILES string of the molecule is CC1NCCC1C(=O)CCS(=O)(=O)C(C)(C)C. The zero-order valence-electron chi connectivity index (χ0n) is 11.1. The third-order valence-corrected chi connectivity index (χ3v) is 6.10. The van der Waals surface area contributed by atoms with E-state index >= 15 is 0 Å². The predicted octanol–water partition coefficient (Wildman–Crippen LogP) is 1.16. The molecule has 2 atom stereocenters. The maximum atomic E-state index is 11.9. The van der Waals surface area contributed by atoms with Gasteiger partial charge in [0.25, 0.3) is 0 Å². The highest BCUT2D eigenvalue weighted by Crippen LogP contribution is 2.21. The van der Waals surface area contributed by atoms with Crippen LogP contribution in [-0.2, 0) is 14.6 Å². The molecule has 0 spiro atoms. The smallest absolute Gasteiger partial charge is 0.155 e. The summed E-state index contributed by atoms with van der Waals surface area (Å²) in [6.45, 7) is 7.85. The molecule has 1 aliphatic heterocycles. The van der Waals surface area contributed by atoms with Gasteiger partial charge in [0.2, 0.25) is 0 Å². The van der Waals surface area contributed by atoms with Crippen LogP contribution in [0.5, 0.6) is 0 Å². The molecule has 17 heavy (non-hydrogen) atoms. The van der Waals surface area contributed by atoms with E-state index in [1.54, 1.807) is 20.8 Å². The Labute approximate surface area is 104 Å². The molecule has 1 rings (SSSR count). The highest BCUT2D eigenvalue weighted by Gasteiger charge is 2.33. The quantitative estimate of drug-likeness (QED) is 0.825.